The van der Waals surface area contributed by atoms with Crippen LogP contribution in [-0.4, -0.2) is 53.1 Å². The average molecular weight is 432 g/mol. The molecular formula is C24H22F2N6. The minimum atomic E-state index is -0.681. The summed E-state index contributed by atoms with van der Waals surface area (Å²) in [5, 5.41) is 3.43. The molecule has 1 aliphatic heterocycles. The number of pyridine rings is 1. The molecule has 0 aliphatic carbocycles. The van der Waals surface area contributed by atoms with E-state index in [0.29, 0.717) is 16.7 Å². The van der Waals surface area contributed by atoms with Gasteiger partial charge in [0.25, 0.3) is 0 Å². The number of nitrogens with one attached hydrogen (secondary N) is 1. The maximum absolute atomic E-state index is 14.0. The fourth-order valence-corrected chi connectivity index (χ4v) is 3.85. The summed E-state index contributed by atoms with van der Waals surface area (Å²) in [5.41, 5.74) is 2.36. The molecule has 8 heteroatoms. The van der Waals surface area contributed by atoms with Crippen molar-refractivity contribution in [3.05, 3.63) is 72.7 Å². The van der Waals surface area contributed by atoms with Gasteiger partial charge in [0, 0.05) is 43.3 Å². The van der Waals surface area contributed by atoms with Gasteiger partial charge in [-0.2, -0.15) is 0 Å². The van der Waals surface area contributed by atoms with Crippen LogP contribution >= 0.6 is 0 Å². The first-order valence-electron chi connectivity index (χ1n) is 10.4. The molecule has 2 aromatic carbocycles. The van der Waals surface area contributed by atoms with Gasteiger partial charge < -0.3 is 15.1 Å². The van der Waals surface area contributed by atoms with Crippen molar-refractivity contribution >= 4 is 28.2 Å². The highest BCUT2D eigenvalue weighted by Gasteiger charge is 2.16. The third-order valence-electron chi connectivity index (χ3n) is 5.75. The molecular weight excluding hydrogens is 410 g/mol. The molecule has 1 N–H and O–H groups in total. The van der Waals surface area contributed by atoms with Crippen molar-refractivity contribution in [3.63, 3.8) is 0 Å². The van der Waals surface area contributed by atoms with Gasteiger partial charge >= 0.3 is 0 Å². The van der Waals surface area contributed by atoms with Crippen molar-refractivity contribution in [2.45, 2.75) is 0 Å². The summed E-state index contributed by atoms with van der Waals surface area (Å²) in [6.45, 7) is 3.99. The standard InChI is InChI=1S/C24H22F2N6/c1-31-9-11-32(12-10-31)22-8-6-17(14-27-22)16-5-7-18-21(13-16)28-15-29-24(18)30-23-19(25)3-2-4-20(23)26/h2-8,13-15H,9-12H2,1H3,(H,28,29,30). The summed E-state index contributed by atoms with van der Waals surface area (Å²) in [4.78, 5) is 17.8. The zero-order valence-electron chi connectivity index (χ0n) is 17.6. The first kappa shape index (κ1) is 20.3. The number of fused-ring (bicyclic) bond motifs is 1. The Morgan fingerprint density at radius 3 is 2.31 bits per heavy atom. The highest BCUT2D eigenvalue weighted by Crippen LogP contribution is 2.30. The van der Waals surface area contributed by atoms with Gasteiger partial charge in [0.2, 0.25) is 0 Å². The van der Waals surface area contributed by atoms with Gasteiger partial charge in [-0.05, 0) is 49.0 Å². The molecule has 0 atom stereocenters. The Bertz CT molecular complexity index is 1230. The van der Waals surface area contributed by atoms with Crippen molar-refractivity contribution in [2.75, 3.05) is 43.4 Å². The first-order valence-corrected chi connectivity index (χ1v) is 10.4. The molecule has 0 unspecified atom stereocenters. The minimum Gasteiger partial charge on any atom is -0.354 e. The zero-order valence-corrected chi connectivity index (χ0v) is 17.6. The number of rotatable bonds is 4. The zero-order chi connectivity index (χ0) is 22.1. The van der Waals surface area contributed by atoms with Crippen molar-refractivity contribution in [1.82, 2.24) is 19.9 Å². The topological polar surface area (TPSA) is 57.2 Å². The first-order chi connectivity index (χ1) is 15.6. The van der Waals surface area contributed by atoms with Crippen LogP contribution < -0.4 is 10.2 Å². The number of hydrogen-bond donors (Lipinski definition) is 1. The van der Waals surface area contributed by atoms with E-state index in [1.54, 1.807) is 0 Å². The van der Waals surface area contributed by atoms with Crippen LogP contribution in [0.15, 0.2) is 61.1 Å². The number of piperazine rings is 1. The smallest absolute Gasteiger partial charge is 0.149 e. The second-order valence-corrected chi connectivity index (χ2v) is 7.87. The van der Waals surface area contributed by atoms with E-state index in [-0.39, 0.29) is 5.69 Å². The van der Waals surface area contributed by atoms with Gasteiger partial charge in [-0.1, -0.05) is 12.1 Å². The van der Waals surface area contributed by atoms with Gasteiger partial charge in [-0.25, -0.2) is 23.7 Å². The Morgan fingerprint density at radius 1 is 0.844 bits per heavy atom. The third-order valence-corrected chi connectivity index (χ3v) is 5.75. The predicted molar refractivity (Wildman–Crippen MR) is 122 cm³/mol. The molecule has 1 saturated heterocycles. The molecule has 0 spiro atoms. The van der Waals surface area contributed by atoms with Crippen molar-refractivity contribution in [2.24, 2.45) is 0 Å². The van der Waals surface area contributed by atoms with Crippen LogP contribution in [0.5, 0.6) is 0 Å². The molecule has 3 heterocycles. The lowest BCUT2D eigenvalue weighted by molar-refractivity contribution is 0.312. The molecule has 6 nitrogen and oxygen atoms in total. The summed E-state index contributed by atoms with van der Waals surface area (Å²) in [7, 11) is 2.13. The van der Waals surface area contributed by atoms with Crippen LogP contribution in [0.1, 0.15) is 0 Å². The molecule has 4 aromatic rings. The molecule has 162 valence electrons. The van der Waals surface area contributed by atoms with Crippen molar-refractivity contribution in [3.8, 4) is 11.1 Å². The quantitative estimate of drug-likeness (QED) is 0.514. The van der Waals surface area contributed by atoms with E-state index < -0.39 is 11.6 Å². The van der Waals surface area contributed by atoms with Crippen LogP contribution in [0.4, 0.5) is 26.1 Å². The van der Waals surface area contributed by atoms with Gasteiger partial charge in [0.05, 0.1) is 5.52 Å². The normalized spacial score (nSPS) is 14.7. The van der Waals surface area contributed by atoms with Crippen LogP contribution in [-0.2, 0) is 0 Å². The van der Waals surface area contributed by atoms with E-state index in [2.05, 4.69) is 43.2 Å². The van der Waals surface area contributed by atoms with Crippen LogP contribution in [0.2, 0.25) is 0 Å². The maximum atomic E-state index is 14.0. The lowest BCUT2D eigenvalue weighted by Crippen LogP contribution is -2.44. The Morgan fingerprint density at radius 2 is 1.59 bits per heavy atom. The van der Waals surface area contributed by atoms with E-state index in [1.165, 1.54) is 24.5 Å². The molecule has 0 amide bonds. The Balaban J connectivity index is 1.42. The number of halogens is 2. The molecule has 2 aromatic heterocycles. The summed E-state index contributed by atoms with van der Waals surface area (Å²) >= 11 is 0. The molecule has 1 fully saturated rings. The monoisotopic (exact) mass is 432 g/mol. The number of nitrogens with zero attached hydrogens (tertiary/aromatic N) is 5. The van der Waals surface area contributed by atoms with E-state index >= 15 is 0 Å². The Kier molecular flexibility index (Phi) is 5.36. The number of likely N-dealkylation sites (N-methyl/N-ethyl adjacent to an activating group) is 1. The minimum absolute atomic E-state index is 0.236. The molecule has 5 rings (SSSR count). The highest BCUT2D eigenvalue weighted by atomic mass is 19.1. The Hall–Kier alpha value is -3.65. The summed E-state index contributed by atoms with van der Waals surface area (Å²) < 4.78 is 28.1. The van der Waals surface area contributed by atoms with Gasteiger partial charge in [0.1, 0.15) is 35.3 Å². The second-order valence-electron chi connectivity index (χ2n) is 7.87. The molecule has 1 aliphatic rings. The van der Waals surface area contributed by atoms with E-state index in [0.717, 1.165) is 43.1 Å². The van der Waals surface area contributed by atoms with E-state index in [9.17, 15) is 8.78 Å². The SMILES string of the molecule is CN1CCN(c2ccc(-c3ccc4c(Nc5c(F)cccc5F)ncnc4c3)cn2)CC1. The fourth-order valence-electron chi connectivity index (χ4n) is 3.85. The van der Waals surface area contributed by atoms with Crippen LogP contribution in [0.25, 0.3) is 22.0 Å². The number of hydrogen-bond acceptors (Lipinski definition) is 6. The van der Waals surface area contributed by atoms with Crippen LogP contribution in [0, 0.1) is 11.6 Å². The van der Waals surface area contributed by atoms with Crippen LogP contribution in [0.3, 0.4) is 0 Å². The average Bonchev–Trinajstić information content (AvgIpc) is 2.82. The lowest BCUT2D eigenvalue weighted by atomic mass is 10.1. The van der Waals surface area contributed by atoms with Crippen molar-refractivity contribution in [1.29, 1.82) is 0 Å². The fraction of sp³-hybridized carbons (Fsp3) is 0.208. The number of benzene rings is 2. The summed E-state index contributed by atoms with van der Waals surface area (Å²) in [5.74, 6) is -0.0442. The number of anilines is 3. The number of aromatic nitrogens is 3. The van der Waals surface area contributed by atoms with Gasteiger partial charge in [0.15, 0.2) is 0 Å². The second kappa shape index (κ2) is 8.47. The van der Waals surface area contributed by atoms with E-state index in [4.69, 9.17) is 0 Å². The highest BCUT2D eigenvalue weighted by molar-refractivity contribution is 5.93. The molecule has 32 heavy (non-hydrogen) atoms. The molecule has 0 bridgehead atoms. The number of para-hydroxylation sites is 1. The molecule has 0 saturated carbocycles. The maximum Gasteiger partial charge on any atom is 0.149 e. The predicted octanol–water partition coefficient (Wildman–Crippen LogP) is 4.47. The summed E-state index contributed by atoms with van der Waals surface area (Å²) in [6, 6.07) is 13.5. The summed E-state index contributed by atoms with van der Waals surface area (Å²) in [6.07, 6.45) is 3.24. The van der Waals surface area contributed by atoms with E-state index in [1.807, 2.05) is 30.5 Å². The Labute approximate surface area is 184 Å². The van der Waals surface area contributed by atoms with Gasteiger partial charge in [-0.3, -0.25) is 0 Å². The lowest BCUT2D eigenvalue weighted by Gasteiger charge is -2.33. The largest absolute Gasteiger partial charge is 0.354 e. The van der Waals surface area contributed by atoms with Gasteiger partial charge in [-0.15, -0.1) is 0 Å². The van der Waals surface area contributed by atoms with Crippen molar-refractivity contribution < 1.29 is 8.78 Å². The molecule has 0 radical (unpaired) electrons. The third kappa shape index (κ3) is 3.97.